The molecule has 4 heteroatoms. The van der Waals surface area contributed by atoms with Gasteiger partial charge in [0.25, 0.3) is 0 Å². The molecular formula is C16H17BrN2O. The number of nitrogens with zero attached hydrogens (tertiary/aromatic N) is 1. The standard InChI is InChI=1S/C16H17BrN2O/c17-13-4-5-16(20)12(8-13)10-19-7-6-14-11(9-19)2-1-3-15(14)18/h1-5,8,20H,6-7,9-10,18H2. The Hall–Kier alpha value is -1.52. The summed E-state index contributed by atoms with van der Waals surface area (Å²) in [4.78, 5) is 2.34. The third-order valence-electron chi connectivity index (χ3n) is 3.82. The first-order chi connectivity index (χ1) is 9.63. The normalized spacial score (nSPS) is 15.1. The Bertz CT molecular complexity index is 642. The average Bonchev–Trinajstić information content (AvgIpc) is 2.43. The predicted octanol–water partition coefficient (Wildman–Crippen LogP) is 3.30. The molecule has 0 spiro atoms. The maximum Gasteiger partial charge on any atom is 0.120 e. The monoisotopic (exact) mass is 332 g/mol. The van der Waals surface area contributed by atoms with Crippen LogP contribution in [0.25, 0.3) is 0 Å². The van der Waals surface area contributed by atoms with Gasteiger partial charge in [-0.05, 0) is 41.8 Å². The molecule has 0 bridgehead atoms. The van der Waals surface area contributed by atoms with Gasteiger partial charge >= 0.3 is 0 Å². The van der Waals surface area contributed by atoms with Gasteiger partial charge in [0, 0.05) is 35.4 Å². The van der Waals surface area contributed by atoms with E-state index in [4.69, 9.17) is 5.73 Å². The van der Waals surface area contributed by atoms with Crippen molar-refractivity contribution in [2.75, 3.05) is 12.3 Å². The molecule has 0 unspecified atom stereocenters. The molecule has 0 fully saturated rings. The SMILES string of the molecule is Nc1cccc2c1CCN(Cc1cc(Br)ccc1O)C2. The Balaban J connectivity index is 1.79. The Morgan fingerprint density at radius 3 is 2.95 bits per heavy atom. The van der Waals surface area contributed by atoms with Crippen LogP contribution in [0.5, 0.6) is 5.75 Å². The van der Waals surface area contributed by atoms with Gasteiger partial charge in [0.2, 0.25) is 0 Å². The molecule has 0 atom stereocenters. The zero-order valence-electron chi connectivity index (χ0n) is 11.1. The van der Waals surface area contributed by atoms with Gasteiger partial charge in [-0.3, -0.25) is 4.90 Å². The third kappa shape index (κ3) is 2.67. The van der Waals surface area contributed by atoms with E-state index in [1.807, 2.05) is 24.3 Å². The second-order valence-corrected chi connectivity index (χ2v) is 6.13. The van der Waals surface area contributed by atoms with Gasteiger partial charge in [-0.25, -0.2) is 0 Å². The summed E-state index contributed by atoms with van der Waals surface area (Å²) in [6.45, 7) is 2.60. The summed E-state index contributed by atoms with van der Waals surface area (Å²) >= 11 is 3.45. The number of benzene rings is 2. The van der Waals surface area contributed by atoms with E-state index in [0.29, 0.717) is 5.75 Å². The van der Waals surface area contributed by atoms with Crippen LogP contribution in [0.1, 0.15) is 16.7 Å². The fraction of sp³-hybridized carbons (Fsp3) is 0.250. The summed E-state index contributed by atoms with van der Waals surface area (Å²) < 4.78 is 0.993. The van der Waals surface area contributed by atoms with Crippen LogP contribution in [0.4, 0.5) is 5.69 Å². The van der Waals surface area contributed by atoms with Crippen LogP contribution in [0.2, 0.25) is 0 Å². The molecule has 2 aromatic carbocycles. The number of phenols is 1. The molecule has 1 aliphatic heterocycles. The number of nitrogens with two attached hydrogens (primary N) is 1. The molecule has 0 saturated carbocycles. The molecule has 0 amide bonds. The summed E-state index contributed by atoms with van der Waals surface area (Å²) in [6.07, 6.45) is 0.969. The number of hydrogen-bond acceptors (Lipinski definition) is 3. The summed E-state index contributed by atoms with van der Waals surface area (Å²) in [5.41, 5.74) is 10.4. The summed E-state index contributed by atoms with van der Waals surface area (Å²) in [6, 6.07) is 11.7. The van der Waals surface area contributed by atoms with Crippen LogP contribution in [-0.4, -0.2) is 16.6 Å². The van der Waals surface area contributed by atoms with Crippen LogP contribution in [0.3, 0.4) is 0 Å². The molecule has 3 rings (SSSR count). The average molecular weight is 333 g/mol. The van der Waals surface area contributed by atoms with Crippen molar-refractivity contribution in [2.24, 2.45) is 0 Å². The van der Waals surface area contributed by atoms with Crippen molar-refractivity contribution < 1.29 is 5.11 Å². The minimum Gasteiger partial charge on any atom is -0.508 e. The van der Waals surface area contributed by atoms with E-state index in [9.17, 15) is 5.11 Å². The van der Waals surface area contributed by atoms with Crippen LogP contribution < -0.4 is 5.73 Å². The number of halogens is 1. The fourth-order valence-electron chi connectivity index (χ4n) is 2.75. The number of aromatic hydroxyl groups is 1. The number of anilines is 1. The lowest BCUT2D eigenvalue weighted by Gasteiger charge is -2.29. The van der Waals surface area contributed by atoms with Crippen molar-refractivity contribution in [3.63, 3.8) is 0 Å². The minimum atomic E-state index is 0.353. The van der Waals surface area contributed by atoms with E-state index in [1.165, 1.54) is 11.1 Å². The van der Waals surface area contributed by atoms with E-state index in [1.54, 1.807) is 6.07 Å². The molecule has 0 saturated heterocycles. The molecule has 0 aromatic heterocycles. The highest BCUT2D eigenvalue weighted by atomic mass is 79.9. The molecule has 1 aliphatic rings. The Labute approximate surface area is 127 Å². The fourth-order valence-corrected chi connectivity index (χ4v) is 3.16. The number of fused-ring (bicyclic) bond motifs is 1. The van der Waals surface area contributed by atoms with Crippen LogP contribution >= 0.6 is 15.9 Å². The van der Waals surface area contributed by atoms with Crippen molar-refractivity contribution in [2.45, 2.75) is 19.5 Å². The Morgan fingerprint density at radius 2 is 2.10 bits per heavy atom. The second kappa shape index (κ2) is 5.46. The molecular weight excluding hydrogens is 316 g/mol. The molecule has 104 valence electrons. The number of hydrogen-bond donors (Lipinski definition) is 2. The van der Waals surface area contributed by atoms with E-state index < -0.39 is 0 Å². The van der Waals surface area contributed by atoms with Gasteiger partial charge in [-0.15, -0.1) is 0 Å². The predicted molar refractivity (Wildman–Crippen MR) is 84.5 cm³/mol. The van der Waals surface area contributed by atoms with Crippen LogP contribution in [0.15, 0.2) is 40.9 Å². The highest BCUT2D eigenvalue weighted by Gasteiger charge is 2.18. The molecule has 2 aromatic rings. The van der Waals surface area contributed by atoms with Crippen molar-refractivity contribution in [3.8, 4) is 5.75 Å². The molecule has 3 N–H and O–H groups in total. The lowest BCUT2D eigenvalue weighted by atomic mass is 9.97. The van der Waals surface area contributed by atoms with E-state index >= 15 is 0 Å². The maximum atomic E-state index is 9.94. The highest BCUT2D eigenvalue weighted by molar-refractivity contribution is 9.10. The zero-order chi connectivity index (χ0) is 14.1. The topological polar surface area (TPSA) is 49.5 Å². The van der Waals surface area contributed by atoms with Crippen LogP contribution in [-0.2, 0) is 19.5 Å². The zero-order valence-corrected chi connectivity index (χ0v) is 12.7. The third-order valence-corrected chi connectivity index (χ3v) is 4.31. The van der Waals surface area contributed by atoms with Gasteiger partial charge < -0.3 is 10.8 Å². The number of nitrogen functional groups attached to an aromatic ring is 1. The molecule has 3 nitrogen and oxygen atoms in total. The van der Waals surface area contributed by atoms with Crippen molar-refractivity contribution >= 4 is 21.6 Å². The van der Waals surface area contributed by atoms with E-state index in [2.05, 4.69) is 26.9 Å². The lowest BCUT2D eigenvalue weighted by molar-refractivity contribution is 0.242. The number of phenolic OH excluding ortho intramolecular Hbond substituents is 1. The Morgan fingerprint density at radius 1 is 1.25 bits per heavy atom. The Kier molecular flexibility index (Phi) is 3.68. The maximum absolute atomic E-state index is 9.94. The van der Waals surface area contributed by atoms with Gasteiger partial charge in [0.15, 0.2) is 0 Å². The van der Waals surface area contributed by atoms with Crippen molar-refractivity contribution in [1.82, 2.24) is 4.90 Å². The largest absolute Gasteiger partial charge is 0.508 e. The van der Waals surface area contributed by atoms with Gasteiger partial charge in [-0.2, -0.15) is 0 Å². The second-order valence-electron chi connectivity index (χ2n) is 5.22. The van der Waals surface area contributed by atoms with Gasteiger partial charge in [0.1, 0.15) is 5.75 Å². The van der Waals surface area contributed by atoms with E-state index in [0.717, 1.165) is 41.8 Å². The quantitative estimate of drug-likeness (QED) is 0.829. The molecule has 0 radical (unpaired) electrons. The molecule has 20 heavy (non-hydrogen) atoms. The van der Waals surface area contributed by atoms with Crippen molar-refractivity contribution in [3.05, 3.63) is 57.6 Å². The smallest absolute Gasteiger partial charge is 0.120 e. The van der Waals surface area contributed by atoms with Crippen LogP contribution in [0, 0.1) is 0 Å². The van der Waals surface area contributed by atoms with Gasteiger partial charge in [0.05, 0.1) is 0 Å². The summed E-state index contributed by atoms with van der Waals surface area (Å²) in [5, 5.41) is 9.94. The first-order valence-corrected chi connectivity index (χ1v) is 7.49. The number of rotatable bonds is 2. The summed E-state index contributed by atoms with van der Waals surface area (Å²) in [5.74, 6) is 0.353. The molecule has 1 heterocycles. The first-order valence-electron chi connectivity index (χ1n) is 6.69. The minimum absolute atomic E-state index is 0.353. The lowest BCUT2D eigenvalue weighted by Crippen LogP contribution is -2.30. The highest BCUT2D eigenvalue weighted by Crippen LogP contribution is 2.28. The summed E-state index contributed by atoms with van der Waals surface area (Å²) in [7, 11) is 0. The first kappa shape index (κ1) is 13.5. The van der Waals surface area contributed by atoms with Crippen molar-refractivity contribution in [1.29, 1.82) is 0 Å². The van der Waals surface area contributed by atoms with E-state index in [-0.39, 0.29) is 0 Å². The van der Waals surface area contributed by atoms with Gasteiger partial charge in [-0.1, -0.05) is 28.1 Å². The molecule has 0 aliphatic carbocycles.